The van der Waals surface area contributed by atoms with Gasteiger partial charge in [0.1, 0.15) is 0 Å². The molecule has 5 nitrogen and oxygen atoms in total. The number of hydrogen-bond donors (Lipinski definition) is 3. The number of aromatic amines is 1. The number of aromatic nitrogens is 1. The number of anilines is 1. The van der Waals surface area contributed by atoms with E-state index in [1.54, 1.807) is 18.2 Å². The Labute approximate surface area is 147 Å². The molecule has 3 rings (SSSR count). The third-order valence-electron chi connectivity index (χ3n) is 3.64. The van der Waals surface area contributed by atoms with Crippen molar-refractivity contribution in [1.82, 2.24) is 10.3 Å². The first-order chi connectivity index (χ1) is 11.6. The van der Waals surface area contributed by atoms with E-state index in [4.69, 9.17) is 0 Å². The Morgan fingerprint density at radius 3 is 2.71 bits per heavy atom. The summed E-state index contributed by atoms with van der Waals surface area (Å²) in [5.74, 6) is -1.32. The predicted octanol–water partition coefficient (Wildman–Crippen LogP) is 3.23. The van der Waals surface area contributed by atoms with Crippen LogP contribution in [0.3, 0.4) is 0 Å². The van der Waals surface area contributed by atoms with E-state index >= 15 is 0 Å². The van der Waals surface area contributed by atoms with Crippen molar-refractivity contribution in [2.24, 2.45) is 0 Å². The molecule has 0 spiro atoms. The minimum atomic E-state index is -0.674. The first kappa shape index (κ1) is 16.3. The van der Waals surface area contributed by atoms with Crippen LogP contribution in [0.25, 0.3) is 10.9 Å². The number of amides is 2. The fourth-order valence-corrected chi connectivity index (χ4v) is 2.88. The lowest BCUT2D eigenvalue weighted by Crippen LogP contribution is -2.36. The minimum Gasteiger partial charge on any atom is -0.361 e. The van der Waals surface area contributed by atoms with Gasteiger partial charge in [-0.25, -0.2) is 0 Å². The standard InChI is InChI=1S/C18H16BrN3O2/c19-13-4-3-5-14(10-13)22-18(24)17(23)20-9-8-12-11-21-16-7-2-1-6-15(12)16/h1-7,10-11,21H,8-9H2,(H,20,23)(H,22,24). The van der Waals surface area contributed by atoms with E-state index in [-0.39, 0.29) is 0 Å². The van der Waals surface area contributed by atoms with Gasteiger partial charge in [-0.3, -0.25) is 9.59 Å². The molecule has 2 amide bonds. The highest BCUT2D eigenvalue weighted by Crippen LogP contribution is 2.18. The highest BCUT2D eigenvalue weighted by Gasteiger charge is 2.13. The lowest BCUT2D eigenvalue weighted by atomic mass is 10.1. The van der Waals surface area contributed by atoms with Crippen LogP contribution in [0.4, 0.5) is 5.69 Å². The molecule has 2 aromatic carbocycles. The van der Waals surface area contributed by atoms with Crippen molar-refractivity contribution in [2.45, 2.75) is 6.42 Å². The maximum Gasteiger partial charge on any atom is 0.313 e. The van der Waals surface area contributed by atoms with Crippen LogP contribution in [0.1, 0.15) is 5.56 Å². The van der Waals surface area contributed by atoms with E-state index in [0.29, 0.717) is 18.7 Å². The minimum absolute atomic E-state index is 0.395. The van der Waals surface area contributed by atoms with E-state index in [1.165, 1.54) is 0 Å². The lowest BCUT2D eigenvalue weighted by molar-refractivity contribution is -0.136. The fourth-order valence-electron chi connectivity index (χ4n) is 2.48. The molecule has 0 fully saturated rings. The molecule has 0 atom stereocenters. The molecule has 122 valence electrons. The fraction of sp³-hybridized carbons (Fsp3) is 0.111. The smallest absolute Gasteiger partial charge is 0.313 e. The molecule has 24 heavy (non-hydrogen) atoms. The van der Waals surface area contributed by atoms with Crippen molar-refractivity contribution in [3.05, 3.63) is 64.8 Å². The Kier molecular flexibility index (Phi) is 4.96. The molecule has 0 saturated carbocycles. The Bertz CT molecular complexity index is 889. The molecular weight excluding hydrogens is 370 g/mol. The van der Waals surface area contributed by atoms with Gasteiger partial charge in [0.05, 0.1) is 0 Å². The number of para-hydroxylation sites is 1. The van der Waals surface area contributed by atoms with Gasteiger partial charge in [-0.05, 0) is 36.2 Å². The quantitative estimate of drug-likeness (QED) is 0.603. The van der Waals surface area contributed by atoms with E-state index in [9.17, 15) is 9.59 Å². The summed E-state index contributed by atoms with van der Waals surface area (Å²) in [5, 5.41) is 6.34. The molecule has 0 bridgehead atoms. The van der Waals surface area contributed by atoms with Gasteiger partial charge in [-0.15, -0.1) is 0 Å². The van der Waals surface area contributed by atoms with Crippen LogP contribution in [-0.2, 0) is 16.0 Å². The van der Waals surface area contributed by atoms with Gasteiger partial charge in [-0.1, -0.05) is 40.2 Å². The zero-order chi connectivity index (χ0) is 16.9. The largest absolute Gasteiger partial charge is 0.361 e. The number of H-pyrrole nitrogens is 1. The normalized spacial score (nSPS) is 10.5. The first-order valence-corrected chi connectivity index (χ1v) is 8.32. The predicted molar refractivity (Wildman–Crippen MR) is 97.8 cm³/mol. The summed E-state index contributed by atoms with van der Waals surface area (Å²) < 4.78 is 0.833. The molecule has 3 aromatic rings. The molecule has 0 aliphatic carbocycles. The van der Waals surface area contributed by atoms with Crippen molar-refractivity contribution in [2.75, 3.05) is 11.9 Å². The monoisotopic (exact) mass is 385 g/mol. The summed E-state index contributed by atoms with van der Waals surface area (Å²) in [7, 11) is 0. The highest BCUT2D eigenvalue weighted by atomic mass is 79.9. The highest BCUT2D eigenvalue weighted by molar-refractivity contribution is 9.10. The van der Waals surface area contributed by atoms with Crippen LogP contribution in [0.15, 0.2) is 59.2 Å². The molecular formula is C18H16BrN3O2. The molecule has 0 radical (unpaired) electrons. The van der Waals surface area contributed by atoms with Crippen LogP contribution in [0, 0.1) is 0 Å². The van der Waals surface area contributed by atoms with E-state index in [1.807, 2.05) is 36.5 Å². The van der Waals surface area contributed by atoms with Gasteiger partial charge in [-0.2, -0.15) is 0 Å². The molecule has 0 aliphatic heterocycles. The van der Waals surface area contributed by atoms with Gasteiger partial charge in [0.2, 0.25) is 0 Å². The summed E-state index contributed by atoms with van der Waals surface area (Å²) in [5.41, 5.74) is 2.74. The lowest BCUT2D eigenvalue weighted by Gasteiger charge is -2.06. The summed E-state index contributed by atoms with van der Waals surface area (Å²) in [6, 6.07) is 15.1. The van der Waals surface area contributed by atoms with E-state index in [0.717, 1.165) is 20.9 Å². The molecule has 6 heteroatoms. The maximum atomic E-state index is 11.9. The Morgan fingerprint density at radius 1 is 1.04 bits per heavy atom. The second-order valence-electron chi connectivity index (χ2n) is 5.33. The van der Waals surface area contributed by atoms with Crippen molar-refractivity contribution in [1.29, 1.82) is 0 Å². The average molecular weight is 386 g/mol. The number of fused-ring (bicyclic) bond motifs is 1. The number of nitrogens with one attached hydrogen (secondary N) is 3. The number of carbonyl (C=O) groups excluding carboxylic acids is 2. The maximum absolute atomic E-state index is 11.9. The number of halogens is 1. The van der Waals surface area contributed by atoms with Crippen molar-refractivity contribution < 1.29 is 9.59 Å². The van der Waals surface area contributed by atoms with Gasteiger partial charge in [0, 0.05) is 33.8 Å². The third kappa shape index (κ3) is 3.83. The van der Waals surface area contributed by atoms with Crippen molar-refractivity contribution in [3.8, 4) is 0 Å². The van der Waals surface area contributed by atoms with Crippen LogP contribution in [0.2, 0.25) is 0 Å². The summed E-state index contributed by atoms with van der Waals surface area (Å²) in [4.78, 5) is 27.0. The zero-order valence-electron chi connectivity index (χ0n) is 12.8. The number of carbonyl (C=O) groups is 2. The number of hydrogen-bond acceptors (Lipinski definition) is 2. The zero-order valence-corrected chi connectivity index (χ0v) is 14.4. The van der Waals surface area contributed by atoms with Crippen molar-refractivity contribution in [3.63, 3.8) is 0 Å². The van der Waals surface area contributed by atoms with E-state index in [2.05, 4.69) is 31.5 Å². The van der Waals surface area contributed by atoms with Gasteiger partial charge < -0.3 is 15.6 Å². The topological polar surface area (TPSA) is 74.0 Å². The summed E-state index contributed by atoms with van der Waals surface area (Å²) in [6.45, 7) is 0.395. The molecule has 0 aliphatic rings. The molecule has 1 heterocycles. The van der Waals surface area contributed by atoms with Crippen LogP contribution in [0.5, 0.6) is 0 Å². The van der Waals surface area contributed by atoms with Crippen molar-refractivity contribution >= 4 is 44.3 Å². The SMILES string of the molecule is O=C(NCCc1c[nH]c2ccccc12)C(=O)Nc1cccc(Br)c1. The average Bonchev–Trinajstić information content (AvgIpc) is 2.98. The Hall–Kier alpha value is -2.60. The van der Waals surface area contributed by atoms with Crippen LogP contribution >= 0.6 is 15.9 Å². The summed E-state index contributed by atoms with van der Waals surface area (Å²) in [6.07, 6.45) is 2.58. The first-order valence-electron chi connectivity index (χ1n) is 7.53. The second kappa shape index (κ2) is 7.31. The van der Waals surface area contributed by atoms with Crippen LogP contribution in [-0.4, -0.2) is 23.3 Å². The number of benzene rings is 2. The second-order valence-corrected chi connectivity index (χ2v) is 6.25. The molecule has 0 unspecified atom stereocenters. The third-order valence-corrected chi connectivity index (χ3v) is 4.14. The van der Waals surface area contributed by atoms with E-state index < -0.39 is 11.8 Å². The van der Waals surface area contributed by atoms with Gasteiger partial charge in [0.25, 0.3) is 0 Å². The van der Waals surface area contributed by atoms with Gasteiger partial charge >= 0.3 is 11.8 Å². The molecule has 0 saturated heterocycles. The van der Waals surface area contributed by atoms with Crippen LogP contribution < -0.4 is 10.6 Å². The Balaban J connectivity index is 1.53. The van der Waals surface area contributed by atoms with Gasteiger partial charge in [0.15, 0.2) is 0 Å². The molecule has 1 aromatic heterocycles. The Morgan fingerprint density at radius 2 is 1.88 bits per heavy atom. The number of rotatable bonds is 4. The molecule has 3 N–H and O–H groups in total. The summed E-state index contributed by atoms with van der Waals surface area (Å²) >= 11 is 3.32.